The van der Waals surface area contributed by atoms with Gasteiger partial charge in [0.05, 0.1) is 0 Å². The van der Waals surface area contributed by atoms with Crippen molar-refractivity contribution in [2.45, 2.75) is 0 Å². The number of carbonyl (C=O) groups is 2. The Labute approximate surface area is 81.3 Å². The standard InChI is InChI=1S/C9H11N3O2/c1-6-2-3-8(13)7(4-6)5-11-9(14)12-10/h2-4H,1,5,10H2,(H2,11,12,14). The minimum absolute atomic E-state index is 0.130. The maximum atomic E-state index is 11.2. The van der Waals surface area contributed by atoms with Crippen LogP contribution in [0.2, 0.25) is 0 Å². The fourth-order valence-electron chi connectivity index (χ4n) is 0.997. The number of nitrogens with two attached hydrogens (primary N) is 1. The molecule has 0 bridgehead atoms. The van der Waals surface area contributed by atoms with Crippen LogP contribution in [0.3, 0.4) is 0 Å². The van der Waals surface area contributed by atoms with Crippen molar-refractivity contribution in [1.29, 1.82) is 0 Å². The predicted octanol–water partition coefficient (Wildman–Crippen LogP) is -0.219. The Balaban J connectivity index is 2.56. The van der Waals surface area contributed by atoms with E-state index in [1.165, 1.54) is 6.08 Å². The molecular weight excluding hydrogens is 182 g/mol. The normalized spacial score (nSPS) is 15.1. The lowest BCUT2D eigenvalue weighted by molar-refractivity contribution is -0.111. The van der Waals surface area contributed by atoms with Gasteiger partial charge in [0.25, 0.3) is 0 Å². The topological polar surface area (TPSA) is 84.2 Å². The average molecular weight is 193 g/mol. The van der Waals surface area contributed by atoms with E-state index in [1.807, 2.05) is 5.43 Å². The molecule has 0 aromatic rings. The van der Waals surface area contributed by atoms with Crippen molar-refractivity contribution in [3.8, 4) is 0 Å². The fraction of sp³-hybridized carbons (Fsp3) is 0.111. The molecule has 1 aliphatic rings. The second kappa shape index (κ2) is 4.38. The molecule has 0 fully saturated rings. The minimum atomic E-state index is -0.529. The Kier molecular flexibility index (Phi) is 3.19. The molecule has 0 heterocycles. The van der Waals surface area contributed by atoms with E-state index >= 15 is 0 Å². The number of hydrogen-bond donors (Lipinski definition) is 3. The Morgan fingerprint density at radius 1 is 1.50 bits per heavy atom. The second-order valence-electron chi connectivity index (χ2n) is 2.77. The number of allylic oxidation sites excluding steroid dienone is 4. The molecule has 0 atom stereocenters. The Morgan fingerprint density at radius 3 is 2.86 bits per heavy atom. The van der Waals surface area contributed by atoms with Gasteiger partial charge in [-0.15, -0.1) is 0 Å². The summed E-state index contributed by atoms with van der Waals surface area (Å²) in [4.78, 5) is 22.0. The molecule has 0 radical (unpaired) electrons. The number of carbonyl (C=O) groups excluding carboxylic acids is 2. The van der Waals surface area contributed by atoms with Crippen LogP contribution in [0.4, 0.5) is 4.79 Å². The third-order valence-electron chi connectivity index (χ3n) is 1.70. The molecule has 0 saturated carbocycles. The van der Waals surface area contributed by atoms with Crippen LogP contribution in [-0.4, -0.2) is 18.4 Å². The number of nitrogens with one attached hydrogen (secondary N) is 2. The van der Waals surface area contributed by atoms with Gasteiger partial charge in [-0.2, -0.15) is 0 Å². The summed E-state index contributed by atoms with van der Waals surface area (Å²) < 4.78 is 0. The molecule has 74 valence electrons. The first-order chi connectivity index (χ1) is 6.63. The average Bonchev–Trinajstić information content (AvgIpc) is 2.19. The summed E-state index contributed by atoms with van der Waals surface area (Å²) in [6, 6.07) is -0.529. The zero-order chi connectivity index (χ0) is 10.6. The highest BCUT2D eigenvalue weighted by Gasteiger charge is 2.10. The van der Waals surface area contributed by atoms with Crippen LogP contribution in [0.15, 0.2) is 36.0 Å². The van der Waals surface area contributed by atoms with Gasteiger partial charge in [-0.1, -0.05) is 12.7 Å². The Morgan fingerprint density at radius 2 is 2.21 bits per heavy atom. The lowest BCUT2D eigenvalue weighted by Crippen LogP contribution is -2.41. The Hall–Kier alpha value is -1.88. The van der Waals surface area contributed by atoms with E-state index in [-0.39, 0.29) is 12.3 Å². The molecule has 4 N–H and O–H groups in total. The van der Waals surface area contributed by atoms with Crippen LogP contribution in [0, 0.1) is 0 Å². The summed E-state index contributed by atoms with van der Waals surface area (Å²) in [5, 5.41) is 2.41. The summed E-state index contributed by atoms with van der Waals surface area (Å²) >= 11 is 0. The smallest absolute Gasteiger partial charge is 0.329 e. The van der Waals surface area contributed by atoms with E-state index in [0.717, 1.165) is 5.57 Å². The highest BCUT2D eigenvalue weighted by atomic mass is 16.2. The molecule has 0 saturated heterocycles. The first-order valence-corrected chi connectivity index (χ1v) is 4.00. The third-order valence-corrected chi connectivity index (χ3v) is 1.70. The molecule has 5 nitrogen and oxygen atoms in total. The molecule has 1 aliphatic carbocycles. The quantitative estimate of drug-likeness (QED) is 0.322. The number of rotatable bonds is 2. The van der Waals surface area contributed by atoms with E-state index in [2.05, 4.69) is 11.9 Å². The van der Waals surface area contributed by atoms with Gasteiger partial charge in [0.2, 0.25) is 0 Å². The van der Waals surface area contributed by atoms with Gasteiger partial charge in [-0.05, 0) is 17.7 Å². The zero-order valence-corrected chi connectivity index (χ0v) is 7.54. The molecule has 2 amide bonds. The summed E-state index contributed by atoms with van der Waals surface area (Å²) in [5.74, 6) is 4.72. The van der Waals surface area contributed by atoms with Crippen LogP contribution in [0.25, 0.3) is 0 Å². The highest BCUT2D eigenvalue weighted by Crippen LogP contribution is 2.09. The van der Waals surface area contributed by atoms with Crippen molar-refractivity contribution in [3.05, 3.63) is 36.0 Å². The summed E-state index contributed by atoms with van der Waals surface area (Å²) in [6.07, 6.45) is 4.66. The number of ketones is 1. The first kappa shape index (κ1) is 10.2. The lowest BCUT2D eigenvalue weighted by Gasteiger charge is -2.09. The maximum absolute atomic E-state index is 11.2. The SMILES string of the molecule is C=C1C=CC(=O)C(CNC(=O)NN)=C1. The van der Waals surface area contributed by atoms with E-state index in [4.69, 9.17) is 5.84 Å². The summed E-state index contributed by atoms with van der Waals surface area (Å²) in [6.45, 7) is 3.82. The van der Waals surface area contributed by atoms with Crippen LogP contribution in [0.1, 0.15) is 0 Å². The van der Waals surface area contributed by atoms with Crippen molar-refractivity contribution in [2.75, 3.05) is 6.54 Å². The summed E-state index contributed by atoms with van der Waals surface area (Å²) in [5.41, 5.74) is 3.12. The predicted molar refractivity (Wildman–Crippen MR) is 52.1 cm³/mol. The Bertz CT molecular complexity index is 342. The van der Waals surface area contributed by atoms with E-state index in [9.17, 15) is 9.59 Å². The monoisotopic (exact) mass is 193 g/mol. The molecule has 0 spiro atoms. The van der Waals surface area contributed by atoms with Crippen LogP contribution >= 0.6 is 0 Å². The van der Waals surface area contributed by atoms with Gasteiger partial charge >= 0.3 is 6.03 Å². The van der Waals surface area contributed by atoms with Gasteiger partial charge in [-0.3, -0.25) is 10.2 Å². The number of amides is 2. The van der Waals surface area contributed by atoms with Crippen LogP contribution < -0.4 is 16.6 Å². The maximum Gasteiger partial charge on any atom is 0.329 e. The van der Waals surface area contributed by atoms with Gasteiger partial charge in [0.15, 0.2) is 5.78 Å². The van der Waals surface area contributed by atoms with E-state index < -0.39 is 6.03 Å². The van der Waals surface area contributed by atoms with E-state index in [1.54, 1.807) is 12.2 Å². The largest absolute Gasteiger partial charge is 0.333 e. The zero-order valence-electron chi connectivity index (χ0n) is 7.54. The number of hydrogen-bond acceptors (Lipinski definition) is 3. The van der Waals surface area contributed by atoms with Crippen molar-refractivity contribution < 1.29 is 9.59 Å². The molecule has 0 unspecified atom stereocenters. The van der Waals surface area contributed by atoms with Gasteiger partial charge in [0.1, 0.15) is 0 Å². The minimum Gasteiger partial charge on any atom is -0.333 e. The van der Waals surface area contributed by atoms with Crippen molar-refractivity contribution in [3.63, 3.8) is 0 Å². The van der Waals surface area contributed by atoms with Crippen LogP contribution in [0.5, 0.6) is 0 Å². The molecule has 0 aromatic carbocycles. The first-order valence-electron chi connectivity index (χ1n) is 4.00. The number of urea groups is 1. The molecule has 5 heteroatoms. The second-order valence-corrected chi connectivity index (χ2v) is 2.77. The molecular formula is C9H11N3O2. The third kappa shape index (κ3) is 2.56. The molecule has 14 heavy (non-hydrogen) atoms. The molecule has 0 aliphatic heterocycles. The molecule has 0 aromatic heterocycles. The molecule has 1 rings (SSSR count). The van der Waals surface area contributed by atoms with Crippen molar-refractivity contribution in [2.24, 2.45) is 5.84 Å². The van der Waals surface area contributed by atoms with Gasteiger partial charge in [0, 0.05) is 12.1 Å². The van der Waals surface area contributed by atoms with Gasteiger partial charge < -0.3 is 5.32 Å². The van der Waals surface area contributed by atoms with E-state index in [0.29, 0.717) is 5.57 Å². The lowest BCUT2D eigenvalue weighted by atomic mass is 10.0. The van der Waals surface area contributed by atoms with Crippen molar-refractivity contribution >= 4 is 11.8 Å². The van der Waals surface area contributed by atoms with Crippen molar-refractivity contribution in [1.82, 2.24) is 10.7 Å². The van der Waals surface area contributed by atoms with Crippen LogP contribution in [-0.2, 0) is 4.79 Å². The summed E-state index contributed by atoms with van der Waals surface area (Å²) in [7, 11) is 0. The fourth-order valence-corrected chi connectivity index (χ4v) is 0.997. The van der Waals surface area contributed by atoms with Gasteiger partial charge in [-0.25, -0.2) is 10.6 Å². The highest BCUT2D eigenvalue weighted by molar-refractivity contribution is 6.06. The number of hydrazine groups is 1.